The lowest BCUT2D eigenvalue weighted by Crippen LogP contribution is -2.33. The van der Waals surface area contributed by atoms with E-state index in [9.17, 15) is 9.46 Å². The Hall–Kier alpha value is -2.19. The second-order valence-electron chi connectivity index (χ2n) is 10.8. The van der Waals surface area contributed by atoms with Crippen LogP contribution in [0.4, 0.5) is 0 Å². The Balaban J connectivity index is 2.04. The molecule has 0 aliphatic carbocycles. The van der Waals surface area contributed by atoms with Crippen LogP contribution >= 0.6 is 8.25 Å². The fourth-order valence-corrected chi connectivity index (χ4v) is 6.38. The van der Waals surface area contributed by atoms with Crippen molar-refractivity contribution in [3.8, 4) is 0 Å². The monoisotopic (exact) mass is 548 g/mol. The predicted molar refractivity (Wildman–Crippen MR) is 166 cm³/mol. The largest absolute Gasteiger partial charge is 0.326 e. The Labute approximate surface area is 238 Å². The molecule has 0 saturated heterocycles. The topological polar surface area (TPSA) is 46.5 Å². The van der Waals surface area contributed by atoms with E-state index in [1.165, 1.54) is 75.3 Å². The summed E-state index contributed by atoms with van der Waals surface area (Å²) < 4.78 is 18.9. The summed E-state index contributed by atoms with van der Waals surface area (Å²) in [6, 6.07) is 26.8. The van der Waals surface area contributed by atoms with E-state index in [0.29, 0.717) is 0 Å². The van der Waals surface area contributed by atoms with E-state index < -0.39 is 13.9 Å². The third-order valence-electron chi connectivity index (χ3n) is 7.81. The number of benzene rings is 3. The number of hydrogen-bond acceptors (Lipinski definition) is 2. The minimum Gasteiger partial charge on any atom is -0.326 e. The summed E-state index contributed by atoms with van der Waals surface area (Å²) >= 11 is 0. The average Bonchev–Trinajstić information content (AvgIpc) is 2.96. The van der Waals surface area contributed by atoms with E-state index in [1.807, 2.05) is 42.5 Å². The SMILES string of the molecule is CCCCCCCCc1ccccc1C(O[PH](=O)O)(c1ccccc1)c1ccccc1CCCCCCCC. The third-order valence-corrected chi connectivity index (χ3v) is 8.29. The lowest BCUT2D eigenvalue weighted by atomic mass is 9.75. The molecule has 0 fully saturated rings. The zero-order valence-corrected chi connectivity index (χ0v) is 25.2. The Kier molecular flexibility index (Phi) is 14.1. The van der Waals surface area contributed by atoms with Gasteiger partial charge in [-0.15, -0.1) is 0 Å². The molecule has 0 amide bonds. The number of hydrogen-bond donors (Lipinski definition) is 1. The minimum absolute atomic E-state index is 0.892. The molecule has 212 valence electrons. The Bertz CT molecular complexity index is 1050. The van der Waals surface area contributed by atoms with Crippen LogP contribution in [0.2, 0.25) is 0 Å². The smallest absolute Gasteiger partial charge is 0.318 e. The van der Waals surface area contributed by atoms with Gasteiger partial charge in [0.25, 0.3) is 0 Å². The van der Waals surface area contributed by atoms with Crippen LogP contribution in [-0.4, -0.2) is 4.89 Å². The summed E-state index contributed by atoms with van der Waals surface area (Å²) in [6.45, 7) is 4.49. The van der Waals surface area contributed by atoms with Crippen LogP contribution in [0, 0.1) is 0 Å². The molecule has 3 aromatic rings. The summed E-state index contributed by atoms with van der Waals surface area (Å²) in [7, 11) is -3.28. The highest BCUT2D eigenvalue weighted by Gasteiger charge is 2.42. The maximum atomic E-state index is 12.6. The summed E-state index contributed by atoms with van der Waals surface area (Å²) in [4.78, 5) is 10.4. The van der Waals surface area contributed by atoms with Crippen molar-refractivity contribution < 1.29 is 14.0 Å². The molecule has 0 spiro atoms. The zero-order chi connectivity index (χ0) is 27.8. The molecule has 0 aliphatic rings. The second kappa shape index (κ2) is 17.5. The van der Waals surface area contributed by atoms with Crippen molar-refractivity contribution in [1.29, 1.82) is 0 Å². The van der Waals surface area contributed by atoms with Crippen LogP contribution in [0.3, 0.4) is 0 Å². The predicted octanol–water partition coefficient (Wildman–Crippen LogP) is 10.2. The second-order valence-corrected chi connectivity index (χ2v) is 11.5. The summed E-state index contributed by atoms with van der Waals surface area (Å²) in [5.41, 5.74) is 4.08. The van der Waals surface area contributed by atoms with Gasteiger partial charge < -0.3 is 4.89 Å². The lowest BCUT2D eigenvalue weighted by Gasteiger charge is -2.37. The van der Waals surface area contributed by atoms with Gasteiger partial charge in [0.1, 0.15) is 0 Å². The van der Waals surface area contributed by atoms with Gasteiger partial charge in [-0.2, -0.15) is 0 Å². The van der Waals surface area contributed by atoms with Crippen molar-refractivity contribution in [1.82, 2.24) is 0 Å². The molecule has 39 heavy (non-hydrogen) atoms. The fourth-order valence-electron chi connectivity index (χ4n) is 5.78. The minimum atomic E-state index is -3.28. The van der Waals surface area contributed by atoms with Crippen LogP contribution < -0.4 is 0 Å². The van der Waals surface area contributed by atoms with Crippen molar-refractivity contribution in [2.45, 2.75) is 109 Å². The summed E-state index contributed by atoms with van der Waals surface area (Å²) in [5.74, 6) is 0. The maximum Gasteiger partial charge on any atom is 0.318 e. The fraction of sp³-hybridized carbons (Fsp3) is 0.486. The molecule has 1 unspecified atom stereocenters. The Morgan fingerprint density at radius 2 is 1.00 bits per heavy atom. The van der Waals surface area contributed by atoms with E-state index in [-0.39, 0.29) is 0 Å². The van der Waals surface area contributed by atoms with Crippen LogP contribution in [-0.2, 0) is 27.5 Å². The quantitative estimate of drug-likeness (QED) is 0.0921. The molecule has 0 bridgehead atoms. The van der Waals surface area contributed by atoms with E-state index in [4.69, 9.17) is 4.52 Å². The van der Waals surface area contributed by atoms with Crippen LogP contribution in [0.25, 0.3) is 0 Å². The first-order valence-electron chi connectivity index (χ1n) is 15.3. The average molecular weight is 549 g/mol. The van der Waals surface area contributed by atoms with Crippen molar-refractivity contribution in [3.05, 3.63) is 107 Å². The molecular weight excluding hydrogens is 499 g/mol. The first kappa shape index (κ1) is 31.3. The number of aryl methyl sites for hydroxylation is 2. The Morgan fingerprint density at radius 3 is 1.46 bits per heavy atom. The van der Waals surface area contributed by atoms with Crippen molar-refractivity contribution >= 4 is 8.25 Å². The van der Waals surface area contributed by atoms with Gasteiger partial charge in [0, 0.05) is 0 Å². The van der Waals surface area contributed by atoms with Gasteiger partial charge in [0.2, 0.25) is 0 Å². The molecule has 0 saturated carbocycles. The molecule has 3 rings (SSSR count). The normalized spacial score (nSPS) is 12.5. The molecular formula is C35H49O3P. The van der Waals surface area contributed by atoms with Crippen molar-refractivity contribution in [2.75, 3.05) is 0 Å². The van der Waals surface area contributed by atoms with Gasteiger partial charge in [-0.25, -0.2) is 0 Å². The first-order chi connectivity index (χ1) is 19.1. The zero-order valence-electron chi connectivity index (χ0n) is 24.2. The van der Waals surface area contributed by atoms with Gasteiger partial charge in [0.05, 0.1) is 0 Å². The highest BCUT2D eigenvalue weighted by Crippen LogP contribution is 2.48. The van der Waals surface area contributed by atoms with Gasteiger partial charge in [-0.1, -0.05) is 157 Å². The highest BCUT2D eigenvalue weighted by atomic mass is 31.1. The summed E-state index contributed by atoms with van der Waals surface area (Å²) in [6.07, 6.45) is 16.6. The number of unbranched alkanes of at least 4 members (excludes halogenated alkanes) is 10. The molecule has 4 heteroatoms. The third kappa shape index (κ3) is 9.17. The van der Waals surface area contributed by atoms with Gasteiger partial charge in [-0.05, 0) is 53.5 Å². The lowest BCUT2D eigenvalue weighted by molar-refractivity contribution is 0.143. The molecule has 1 atom stereocenters. The van der Waals surface area contributed by atoms with E-state index >= 15 is 0 Å². The summed E-state index contributed by atoms with van der Waals surface area (Å²) in [5, 5.41) is 0. The van der Waals surface area contributed by atoms with Gasteiger partial charge in [0.15, 0.2) is 5.60 Å². The van der Waals surface area contributed by atoms with Crippen LogP contribution in [0.15, 0.2) is 78.9 Å². The molecule has 0 radical (unpaired) electrons. The van der Waals surface area contributed by atoms with E-state index in [2.05, 4.69) is 50.2 Å². The molecule has 1 N–H and O–H groups in total. The first-order valence-corrected chi connectivity index (χ1v) is 16.5. The molecule has 0 heterocycles. The molecule has 3 aromatic carbocycles. The van der Waals surface area contributed by atoms with E-state index in [0.717, 1.165) is 42.4 Å². The molecule has 0 aromatic heterocycles. The Morgan fingerprint density at radius 1 is 0.590 bits per heavy atom. The molecule has 3 nitrogen and oxygen atoms in total. The van der Waals surface area contributed by atoms with Crippen LogP contribution in [0.5, 0.6) is 0 Å². The van der Waals surface area contributed by atoms with Crippen molar-refractivity contribution in [2.24, 2.45) is 0 Å². The van der Waals surface area contributed by atoms with Gasteiger partial charge in [-0.3, -0.25) is 9.09 Å². The standard InChI is InChI=1S/C35H49O3P/c1-3-5-7-9-11-14-22-30-24-18-20-28-33(30)35(38-39(36)37,32-26-16-13-17-27-32)34-29-21-19-25-31(34)23-15-12-10-8-6-4-2/h13,16-21,24-29,39H,3-12,14-15,22-23H2,1-2H3,(H,36,37). The van der Waals surface area contributed by atoms with Crippen molar-refractivity contribution in [3.63, 3.8) is 0 Å². The highest BCUT2D eigenvalue weighted by molar-refractivity contribution is 7.32. The van der Waals surface area contributed by atoms with E-state index in [1.54, 1.807) is 0 Å². The van der Waals surface area contributed by atoms with Gasteiger partial charge >= 0.3 is 8.25 Å². The molecule has 0 aliphatic heterocycles. The number of rotatable bonds is 19. The van der Waals surface area contributed by atoms with Crippen LogP contribution in [0.1, 0.15) is 119 Å². The maximum absolute atomic E-state index is 12.6.